The highest BCUT2D eigenvalue weighted by molar-refractivity contribution is 7.89. The zero-order valence-electron chi connectivity index (χ0n) is 17.6. The number of hydrogen-bond acceptors (Lipinski definition) is 8. The van der Waals surface area contributed by atoms with Crippen LogP contribution in [0, 0.1) is 0 Å². The van der Waals surface area contributed by atoms with E-state index in [0.717, 1.165) is 24.8 Å². The van der Waals surface area contributed by atoms with Crippen molar-refractivity contribution in [2.24, 2.45) is 5.73 Å². The zero-order valence-corrected chi connectivity index (χ0v) is 19.2. The molecule has 35 heavy (non-hydrogen) atoms. The summed E-state index contributed by atoms with van der Waals surface area (Å²) in [5, 5.41) is 14.8. The van der Waals surface area contributed by atoms with E-state index in [1.807, 2.05) is 0 Å². The van der Waals surface area contributed by atoms with Crippen molar-refractivity contribution in [2.75, 3.05) is 12.8 Å². The number of carboxylic acids is 1. The van der Waals surface area contributed by atoms with E-state index in [2.05, 4.69) is 10.2 Å². The third-order valence-corrected chi connectivity index (χ3v) is 6.06. The standard InChI is InChI=1S/C15H16F2N6O3S2.C2HF3O2/c1-28(25,26)23-7-11(5-19-23)13-3-2-12(27-13)8-21-9-20-22(15(21)24)6-10(4-18)14(16)17;3-2(4,5)1(6)7/h2-3,5,7,9H,4,6,8,18H2,1H3;(H,6,7). The highest BCUT2D eigenvalue weighted by Crippen LogP contribution is 2.28. The average Bonchev–Trinajstić information content (AvgIpc) is 3.47. The van der Waals surface area contributed by atoms with Gasteiger partial charge in [0.15, 0.2) is 0 Å². The van der Waals surface area contributed by atoms with Crippen LogP contribution < -0.4 is 11.4 Å². The Morgan fingerprint density at radius 2 is 1.86 bits per heavy atom. The van der Waals surface area contributed by atoms with E-state index in [0.29, 0.717) is 5.56 Å². The second-order valence-electron chi connectivity index (χ2n) is 6.70. The molecule has 18 heteroatoms. The first-order chi connectivity index (χ1) is 16.1. The Morgan fingerprint density at radius 1 is 1.23 bits per heavy atom. The first-order valence-corrected chi connectivity index (χ1v) is 11.8. The predicted molar refractivity (Wildman–Crippen MR) is 113 cm³/mol. The smallest absolute Gasteiger partial charge is 0.475 e. The Balaban J connectivity index is 0.000000540. The maximum atomic E-state index is 12.7. The van der Waals surface area contributed by atoms with E-state index in [1.54, 1.807) is 12.1 Å². The number of aromatic nitrogens is 5. The summed E-state index contributed by atoms with van der Waals surface area (Å²) in [6.07, 6.45) is -1.84. The van der Waals surface area contributed by atoms with Gasteiger partial charge in [-0.15, -0.1) is 11.3 Å². The molecule has 3 aromatic rings. The Morgan fingerprint density at radius 3 is 2.34 bits per heavy atom. The van der Waals surface area contributed by atoms with Crippen molar-refractivity contribution in [3.63, 3.8) is 0 Å². The van der Waals surface area contributed by atoms with Crippen LogP contribution in [-0.2, 0) is 27.9 Å². The van der Waals surface area contributed by atoms with Crippen molar-refractivity contribution in [3.8, 4) is 10.4 Å². The zero-order chi connectivity index (χ0) is 26.6. The van der Waals surface area contributed by atoms with Gasteiger partial charge in [0.2, 0.25) is 0 Å². The van der Waals surface area contributed by atoms with Gasteiger partial charge in [-0.1, -0.05) is 0 Å². The molecule has 0 aromatic carbocycles. The first kappa shape index (κ1) is 27.9. The van der Waals surface area contributed by atoms with Gasteiger partial charge in [0, 0.05) is 27.4 Å². The van der Waals surface area contributed by atoms with E-state index in [4.69, 9.17) is 15.6 Å². The van der Waals surface area contributed by atoms with Crippen LogP contribution in [-0.4, -0.2) is 62.0 Å². The summed E-state index contributed by atoms with van der Waals surface area (Å²) in [7, 11) is -3.47. The number of halogens is 5. The van der Waals surface area contributed by atoms with Crippen molar-refractivity contribution in [1.29, 1.82) is 0 Å². The lowest BCUT2D eigenvalue weighted by Crippen LogP contribution is -2.27. The Bertz CT molecular complexity index is 1380. The summed E-state index contributed by atoms with van der Waals surface area (Å²) in [4.78, 5) is 22.8. The van der Waals surface area contributed by atoms with Gasteiger partial charge >= 0.3 is 17.8 Å². The van der Waals surface area contributed by atoms with Gasteiger partial charge in [0.25, 0.3) is 16.1 Å². The second kappa shape index (κ2) is 10.9. The van der Waals surface area contributed by atoms with Gasteiger partial charge in [-0.05, 0) is 12.1 Å². The van der Waals surface area contributed by atoms with Gasteiger partial charge in [0.05, 0.1) is 31.7 Å². The fraction of sp³-hybridized carbons (Fsp3) is 0.294. The molecular formula is C17H17F5N6O5S2. The molecule has 3 aromatic heterocycles. The molecule has 0 unspecified atom stereocenters. The number of alkyl halides is 3. The van der Waals surface area contributed by atoms with Crippen LogP contribution in [0.2, 0.25) is 0 Å². The second-order valence-corrected chi connectivity index (χ2v) is 9.71. The molecule has 0 aliphatic rings. The number of carboxylic acid groups (broad SMARTS) is 1. The molecule has 0 atom stereocenters. The number of aliphatic carboxylic acids is 1. The van der Waals surface area contributed by atoms with Crippen molar-refractivity contribution < 1.29 is 40.3 Å². The monoisotopic (exact) mass is 544 g/mol. The number of nitrogens with zero attached hydrogens (tertiary/aromatic N) is 5. The Hall–Kier alpha value is -3.38. The lowest BCUT2D eigenvalue weighted by molar-refractivity contribution is -0.192. The third kappa shape index (κ3) is 7.55. The Labute approximate surface area is 197 Å². The van der Waals surface area contributed by atoms with Gasteiger partial charge in [-0.3, -0.25) is 4.57 Å². The molecule has 0 aliphatic heterocycles. The van der Waals surface area contributed by atoms with E-state index in [-0.39, 0.29) is 25.2 Å². The lowest BCUT2D eigenvalue weighted by atomic mass is 10.3. The normalized spacial score (nSPS) is 11.6. The quantitative estimate of drug-likeness (QED) is 0.425. The topological polar surface area (TPSA) is 155 Å². The molecule has 0 spiro atoms. The molecule has 3 N–H and O–H groups in total. The van der Waals surface area contributed by atoms with E-state index in [1.165, 1.54) is 34.6 Å². The fourth-order valence-electron chi connectivity index (χ4n) is 2.37. The molecule has 0 aliphatic carbocycles. The summed E-state index contributed by atoms with van der Waals surface area (Å²) >= 11 is 1.35. The van der Waals surface area contributed by atoms with Crippen molar-refractivity contribution >= 4 is 27.3 Å². The minimum absolute atomic E-state index is 0.198. The molecule has 3 rings (SSSR count). The van der Waals surface area contributed by atoms with Crippen LogP contribution in [0.15, 0.2) is 47.3 Å². The number of rotatable bonds is 7. The van der Waals surface area contributed by atoms with E-state index >= 15 is 0 Å². The number of thiophene rings is 1. The highest BCUT2D eigenvalue weighted by atomic mass is 32.2. The highest BCUT2D eigenvalue weighted by Gasteiger charge is 2.38. The van der Waals surface area contributed by atoms with Crippen LogP contribution in [0.25, 0.3) is 10.4 Å². The minimum Gasteiger partial charge on any atom is -0.475 e. The van der Waals surface area contributed by atoms with Gasteiger partial charge in [-0.25, -0.2) is 22.7 Å². The molecule has 192 valence electrons. The largest absolute Gasteiger partial charge is 0.490 e. The molecular weight excluding hydrogens is 527 g/mol. The van der Waals surface area contributed by atoms with Crippen LogP contribution in [0.1, 0.15) is 4.88 Å². The maximum absolute atomic E-state index is 12.7. The van der Waals surface area contributed by atoms with E-state index < -0.39 is 33.9 Å². The molecule has 0 amide bonds. The third-order valence-electron chi connectivity index (χ3n) is 4.07. The van der Waals surface area contributed by atoms with Crippen LogP contribution in [0.5, 0.6) is 0 Å². The molecule has 0 radical (unpaired) electrons. The van der Waals surface area contributed by atoms with Crippen molar-refractivity contribution in [3.05, 3.63) is 57.9 Å². The van der Waals surface area contributed by atoms with Crippen LogP contribution in [0.4, 0.5) is 22.0 Å². The lowest BCUT2D eigenvalue weighted by Gasteiger charge is -2.02. The fourth-order valence-corrected chi connectivity index (χ4v) is 3.88. The number of carbonyl (C=O) groups is 1. The predicted octanol–water partition coefficient (Wildman–Crippen LogP) is 1.57. The summed E-state index contributed by atoms with van der Waals surface area (Å²) in [5.74, 6) is -2.76. The first-order valence-electron chi connectivity index (χ1n) is 9.13. The molecule has 0 fully saturated rings. The minimum atomic E-state index is -5.08. The van der Waals surface area contributed by atoms with E-state index in [9.17, 15) is 35.2 Å². The van der Waals surface area contributed by atoms with Gasteiger partial charge in [-0.2, -0.15) is 36.2 Å². The van der Waals surface area contributed by atoms with Crippen molar-refractivity contribution in [2.45, 2.75) is 19.3 Å². The van der Waals surface area contributed by atoms with Gasteiger partial charge in [0.1, 0.15) is 6.33 Å². The summed E-state index contributed by atoms with van der Waals surface area (Å²) in [5.41, 5.74) is 5.00. The summed E-state index contributed by atoms with van der Waals surface area (Å²) in [6, 6.07) is 3.57. The number of hydrogen-bond donors (Lipinski definition) is 2. The summed E-state index contributed by atoms with van der Waals surface area (Å²) in [6.45, 7) is -0.536. The van der Waals surface area contributed by atoms with Crippen LogP contribution >= 0.6 is 11.3 Å². The summed E-state index contributed by atoms with van der Waals surface area (Å²) < 4.78 is 83.3. The van der Waals surface area contributed by atoms with Crippen molar-refractivity contribution in [1.82, 2.24) is 23.5 Å². The molecule has 0 saturated heterocycles. The Kier molecular flexibility index (Phi) is 8.69. The molecule has 3 heterocycles. The SMILES string of the molecule is CS(=O)(=O)n1cc(-c2ccc(Cn3cnn(CC(CN)=C(F)F)c3=O)s2)cn1.O=C(O)C(F)(F)F. The van der Waals surface area contributed by atoms with Crippen LogP contribution in [0.3, 0.4) is 0 Å². The molecule has 11 nitrogen and oxygen atoms in total. The van der Waals surface area contributed by atoms with Gasteiger partial charge < -0.3 is 10.8 Å². The maximum Gasteiger partial charge on any atom is 0.490 e. The average molecular weight is 544 g/mol. The molecule has 0 saturated carbocycles. The number of nitrogens with two attached hydrogens (primary N) is 1. The molecule has 0 bridgehead atoms.